The lowest BCUT2D eigenvalue weighted by Crippen LogP contribution is -2.21. The van der Waals surface area contributed by atoms with E-state index in [1.54, 1.807) is 6.92 Å². The van der Waals surface area contributed by atoms with Crippen LogP contribution in [0.3, 0.4) is 0 Å². The van der Waals surface area contributed by atoms with Gasteiger partial charge >= 0.3 is 6.18 Å². The van der Waals surface area contributed by atoms with Gasteiger partial charge in [-0.3, -0.25) is 0 Å². The zero-order valence-corrected chi connectivity index (χ0v) is 5.26. The highest BCUT2D eigenvalue weighted by Gasteiger charge is 2.25. The van der Waals surface area contributed by atoms with E-state index in [-0.39, 0.29) is 6.54 Å². The number of alkyl halides is 3. The molecule has 0 amide bonds. The highest BCUT2D eigenvalue weighted by atomic mass is 19.4. The topological polar surface area (TPSA) is 12.0 Å². The van der Waals surface area contributed by atoms with Crippen LogP contribution in [0.2, 0.25) is 0 Å². The maximum atomic E-state index is 11.3. The van der Waals surface area contributed by atoms with E-state index in [1.165, 1.54) is 0 Å². The highest BCUT2D eigenvalue weighted by molar-refractivity contribution is 4.52. The summed E-state index contributed by atoms with van der Waals surface area (Å²) in [6.07, 6.45) is -4.75. The van der Waals surface area contributed by atoms with Crippen LogP contribution in [0.1, 0.15) is 13.3 Å². The van der Waals surface area contributed by atoms with E-state index in [0.717, 1.165) is 0 Å². The van der Waals surface area contributed by atoms with Crippen LogP contribution in [0.5, 0.6) is 0 Å². The summed E-state index contributed by atoms with van der Waals surface area (Å²) >= 11 is 0. The van der Waals surface area contributed by atoms with Gasteiger partial charge in [0, 0.05) is 6.54 Å². The minimum absolute atomic E-state index is 0.0278. The second kappa shape index (κ2) is 3.71. The first kappa shape index (κ1) is 8.75. The average Bonchev–Trinajstić information content (AvgIpc) is 1.63. The summed E-state index contributed by atoms with van der Waals surface area (Å²) in [5.74, 6) is 0. The van der Waals surface area contributed by atoms with Crippen molar-refractivity contribution in [3.8, 4) is 0 Å². The second-order valence-electron chi connectivity index (χ2n) is 1.72. The van der Waals surface area contributed by atoms with Gasteiger partial charge in [0.1, 0.15) is 0 Å². The van der Waals surface area contributed by atoms with Crippen molar-refractivity contribution in [2.45, 2.75) is 19.5 Å². The molecule has 0 aromatic heterocycles. The molecule has 0 saturated heterocycles. The van der Waals surface area contributed by atoms with E-state index in [1.807, 2.05) is 0 Å². The number of nitrogens with one attached hydrogen (secondary N) is 1. The van der Waals surface area contributed by atoms with Crippen LogP contribution in [0.25, 0.3) is 0 Å². The molecule has 4 heteroatoms. The van der Waals surface area contributed by atoms with Gasteiger partial charge in [-0.05, 0) is 6.54 Å². The van der Waals surface area contributed by atoms with E-state index >= 15 is 0 Å². The highest BCUT2D eigenvalue weighted by Crippen LogP contribution is 2.17. The maximum absolute atomic E-state index is 11.3. The van der Waals surface area contributed by atoms with Crippen molar-refractivity contribution >= 4 is 0 Å². The molecule has 1 N–H and O–H groups in total. The quantitative estimate of drug-likeness (QED) is 0.588. The van der Waals surface area contributed by atoms with Gasteiger partial charge in [0.05, 0.1) is 6.42 Å². The van der Waals surface area contributed by atoms with Crippen molar-refractivity contribution in [2.75, 3.05) is 13.1 Å². The molecule has 1 nitrogen and oxygen atoms in total. The first-order valence-electron chi connectivity index (χ1n) is 2.83. The van der Waals surface area contributed by atoms with Crippen molar-refractivity contribution in [3.63, 3.8) is 0 Å². The van der Waals surface area contributed by atoms with Crippen LogP contribution in [0, 0.1) is 0 Å². The van der Waals surface area contributed by atoms with Gasteiger partial charge < -0.3 is 5.32 Å². The Labute approximate surface area is 52.2 Å². The van der Waals surface area contributed by atoms with Crippen LogP contribution >= 0.6 is 0 Å². The van der Waals surface area contributed by atoms with Crippen molar-refractivity contribution in [1.29, 1.82) is 0 Å². The Kier molecular flexibility index (Phi) is 3.61. The molecule has 0 aliphatic carbocycles. The molecule has 0 radical (unpaired) electrons. The number of rotatable bonds is 3. The Morgan fingerprint density at radius 3 is 2.22 bits per heavy atom. The SMILES string of the molecule is CCNCCC(F)(F)F. The largest absolute Gasteiger partial charge is 0.390 e. The lowest BCUT2D eigenvalue weighted by molar-refractivity contribution is -0.133. The molecule has 0 heterocycles. The molecule has 0 aromatic carbocycles. The smallest absolute Gasteiger partial charge is 0.317 e. The Morgan fingerprint density at radius 2 is 1.89 bits per heavy atom. The Hall–Kier alpha value is -0.250. The molecular formula is C5H10F3N. The molecule has 0 spiro atoms. The van der Waals surface area contributed by atoms with Crippen LogP contribution in [0.4, 0.5) is 13.2 Å². The molecule has 0 aliphatic rings. The minimum Gasteiger partial charge on any atom is -0.317 e. The molecule has 0 bridgehead atoms. The molecule has 0 aromatic rings. The zero-order valence-electron chi connectivity index (χ0n) is 5.26. The molecule has 0 fully saturated rings. The maximum Gasteiger partial charge on any atom is 0.390 e. The molecule has 0 rings (SSSR count). The average molecular weight is 141 g/mol. The summed E-state index contributed by atoms with van der Waals surface area (Å²) in [6, 6.07) is 0. The molecule has 0 atom stereocenters. The predicted molar refractivity (Wildman–Crippen MR) is 29.2 cm³/mol. The molecule has 9 heavy (non-hydrogen) atoms. The van der Waals surface area contributed by atoms with Gasteiger partial charge in [-0.25, -0.2) is 0 Å². The number of halogens is 3. The standard InChI is InChI=1S/C5H10F3N/c1-2-9-4-3-5(6,7)8/h9H,2-4H2,1H3. The minimum atomic E-state index is -4.01. The normalized spacial score (nSPS) is 12.0. The van der Waals surface area contributed by atoms with Gasteiger partial charge in [-0.1, -0.05) is 6.92 Å². The summed E-state index contributed by atoms with van der Waals surface area (Å²) in [5.41, 5.74) is 0. The summed E-state index contributed by atoms with van der Waals surface area (Å²) in [4.78, 5) is 0. The third-order valence-corrected chi connectivity index (χ3v) is 0.835. The summed E-state index contributed by atoms with van der Waals surface area (Å²) in [6.45, 7) is 2.40. The van der Waals surface area contributed by atoms with Crippen LogP contribution in [-0.2, 0) is 0 Å². The molecule has 0 unspecified atom stereocenters. The lowest BCUT2D eigenvalue weighted by Gasteiger charge is -2.04. The van der Waals surface area contributed by atoms with Crippen molar-refractivity contribution < 1.29 is 13.2 Å². The second-order valence-corrected chi connectivity index (χ2v) is 1.72. The first-order valence-corrected chi connectivity index (χ1v) is 2.83. The third kappa shape index (κ3) is 7.75. The third-order valence-electron chi connectivity index (χ3n) is 0.835. The Morgan fingerprint density at radius 1 is 1.33 bits per heavy atom. The van der Waals surface area contributed by atoms with Crippen LogP contribution in [-0.4, -0.2) is 19.3 Å². The molecule has 0 saturated carbocycles. The van der Waals surface area contributed by atoms with E-state index in [0.29, 0.717) is 6.54 Å². The lowest BCUT2D eigenvalue weighted by atomic mass is 10.4. The van der Waals surface area contributed by atoms with Crippen LogP contribution in [0.15, 0.2) is 0 Å². The number of hydrogen-bond acceptors (Lipinski definition) is 1. The van der Waals surface area contributed by atoms with E-state index < -0.39 is 12.6 Å². The van der Waals surface area contributed by atoms with Gasteiger partial charge in [-0.2, -0.15) is 13.2 Å². The number of hydrogen-bond donors (Lipinski definition) is 1. The first-order chi connectivity index (χ1) is 4.06. The van der Waals surface area contributed by atoms with Gasteiger partial charge in [0.2, 0.25) is 0 Å². The fraction of sp³-hybridized carbons (Fsp3) is 1.00. The monoisotopic (exact) mass is 141 g/mol. The summed E-state index contributed by atoms with van der Waals surface area (Å²) in [7, 11) is 0. The Bertz CT molecular complexity index is 69.1. The van der Waals surface area contributed by atoms with Crippen LogP contribution < -0.4 is 5.32 Å². The summed E-state index contributed by atoms with van der Waals surface area (Å²) in [5, 5.41) is 2.58. The summed E-state index contributed by atoms with van der Waals surface area (Å²) < 4.78 is 34.0. The molecular weight excluding hydrogens is 131 g/mol. The van der Waals surface area contributed by atoms with E-state index in [9.17, 15) is 13.2 Å². The van der Waals surface area contributed by atoms with Crippen molar-refractivity contribution in [1.82, 2.24) is 5.32 Å². The fourth-order valence-corrected chi connectivity index (χ4v) is 0.407. The van der Waals surface area contributed by atoms with Gasteiger partial charge in [0.15, 0.2) is 0 Å². The molecule has 0 aliphatic heterocycles. The predicted octanol–water partition coefficient (Wildman–Crippen LogP) is 1.55. The van der Waals surface area contributed by atoms with Crippen molar-refractivity contribution in [2.24, 2.45) is 0 Å². The van der Waals surface area contributed by atoms with Gasteiger partial charge in [-0.15, -0.1) is 0 Å². The van der Waals surface area contributed by atoms with E-state index in [4.69, 9.17) is 0 Å². The van der Waals surface area contributed by atoms with E-state index in [2.05, 4.69) is 5.32 Å². The van der Waals surface area contributed by atoms with Gasteiger partial charge in [0.25, 0.3) is 0 Å². The van der Waals surface area contributed by atoms with Crippen molar-refractivity contribution in [3.05, 3.63) is 0 Å². The Balaban J connectivity index is 3.07. The fourth-order valence-electron chi connectivity index (χ4n) is 0.407. The zero-order chi connectivity index (χ0) is 7.33. The molecule has 56 valence electrons.